The predicted molar refractivity (Wildman–Crippen MR) is 227 cm³/mol. The molecule has 10 nitrogen and oxygen atoms in total. The largest absolute Gasteiger partial charge is 0.379 e. The molecule has 4 saturated heterocycles. The minimum atomic E-state index is -0.626. The van der Waals surface area contributed by atoms with Crippen LogP contribution in [0, 0.1) is 0 Å². The molecule has 4 aliphatic heterocycles. The van der Waals surface area contributed by atoms with Crippen molar-refractivity contribution in [1.82, 2.24) is 10.1 Å². The lowest BCUT2D eigenvalue weighted by Crippen LogP contribution is -2.67. The molecular weight excluding hydrogens is 733 g/mol. The van der Waals surface area contributed by atoms with Crippen molar-refractivity contribution >= 4 is 0 Å². The number of rotatable bonds is 21. The molecule has 0 bridgehead atoms. The predicted octanol–water partition coefficient (Wildman–Crippen LogP) is 9.24. The molecule has 4 fully saturated rings. The van der Waals surface area contributed by atoms with Crippen LogP contribution in [0.15, 0.2) is 60.7 Å². The van der Waals surface area contributed by atoms with Gasteiger partial charge in [0.15, 0.2) is 11.6 Å². The number of nitrogens with zero attached hydrogens (tertiary/aromatic N) is 2. The van der Waals surface area contributed by atoms with Gasteiger partial charge in [-0.15, -0.1) is 0 Å². The Morgan fingerprint density at radius 2 is 0.914 bits per heavy atom. The molecule has 0 aromatic heterocycles. The molecule has 0 N–H and O–H groups in total. The van der Waals surface area contributed by atoms with E-state index < -0.39 is 11.6 Å². The number of hydroxylamine groups is 4. The zero-order valence-corrected chi connectivity index (χ0v) is 37.2. The van der Waals surface area contributed by atoms with Gasteiger partial charge in [0, 0.05) is 50.0 Å². The Labute approximate surface area is 350 Å². The van der Waals surface area contributed by atoms with Gasteiger partial charge in [-0.25, -0.2) is 0 Å². The molecule has 58 heavy (non-hydrogen) atoms. The molecule has 4 atom stereocenters. The van der Waals surface area contributed by atoms with Crippen molar-refractivity contribution in [2.75, 3.05) is 52.9 Å². The van der Waals surface area contributed by atoms with Crippen molar-refractivity contribution in [3.05, 3.63) is 71.8 Å². The molecule has 2 aromatic rings. The summed E-state index contributed by atoms with van der Waals surface area (Å²) in [5.41, 5.74) is 1.72. The number of ether oxygens (including phenoxy) is 6. The van der Waals surface area contributed by atoms with Crippen LogP contribution in [0.2, 0.25) is 0 Å². The second-order valence-corrected chi connectivity index (χ2v) is 18.7. The van der Waals surface area contributed by atoms with Crippen LogP contribution < -0.4 is 0 Å². The summed E-state index contributed by atoms with van der Waals surface area (Å²) in [6.45, 7) is 22.9. The molecule has 10 heteroatoms. The second kappa shape index (κ2) is 19.8. The Morgan fingerprint density at radius 3 is 1.28 bits per heavy atom. The maximum Gasteiger partial charge on any atom is 0.172 e. The molecule has 4 unspecified atom stereocenters. The maximum absolute atomic E-state index is 6.75. The smallest absolute Gasteiger partial charge is 0.172 e. The zero-order chi connectivity index (χ0) is 41.3. The van der Waals surface area contributed by atoms with Gasteiger partial charge < -0.3 is 28.4 Å². The maximum atomic E-state index is 6.75. The lowest BCUT2D eigenvalue weighted by Gasteiger charge is -2.58. The summed E-state index contributed by atoms with van der Waals surface area (Å²) in [6, 6.07) is 21.1. The molecule has 6 rings (SSSR count). The van der Waals surface area contributed by atoms with Crippen molar-refractivity contribution in [3.8, 4) is 0 Å². The number of hydrogen-bond donors (Lipinski definition) is 0. The summed E-state index contributed by atoms with van der Waals surface area (Å²) in [5, 5.41) is 4.57. The third kappa shape index (κ3) is 10.7. The minimum Gasteiger partial charge on any atom is -0.379 e. The first-order valence-corrected chi connectivity index (χ1v) is 22.6. The zero-order valence-electron chi connectivity index (χ0n) is 37.2. The van der Waals surface area contributed by atoms with E-state index in [1.165, 1.54) is 11.1 Å². The summed E-state index contributed by atoms with van der Waals surface area (Å²) in [7, 11) is 0. The highest BCUT2D eigenvalue weighted by Crippen LogP contribution is 2.52. The van der Waals surface area contributed by atoms with Crippen LogP contribution in [0.3, 0.4) is 0 Å². The molecular formula is C48H76N2O8. The Balaban J connectivity index is 0.884. The third-order valence-corrected chi connectivity index (χ3v) is 13.4. The highest BCUT2D eigenvalue weighted by atomic mass is 16.8. The fourth-order valence-electron chi connectivity index (χ4n) is 10.6. The molecule has 2 spiro atoms. The van der Waals surface area contributed by atoms with Gasteiger partial charge in [-0.1, -0.05) is 88.4 Å². The second-order valence-electron chi connectivity index (χ2n) is 18.7. The van der Waals surface area contributed by atoms with E-state index in [9.17, 15) is 0 Å². The first-order valence-electron chi connectivity index (χ1n) is 22.6. The average molecular weight is 809 g/mol. The van der Waals surface area contributed by atoms with Crippen molar-refractivity contribution in [3.63, 3.8) is 0 Å². The van der Waals surface area contributed by atoms with Gasteiger partial charge in [-0.05, 0) is 90.2 Å². The van der Waals surface area contributed by atoms with Crippen molar-refractivity contribution in [1.29, 1.82) is 0 Å². The van der Waals surface area contributed by atoms with Gasteiger partial charge in [-0.3, -0.25) is 9.68 Å². The van der Waals surface area contributed by atoms with E-state index in [0.717, 1.165) is 77.0 Å². The van der Waals surface area contributed by atoms with Crippen LogP contribution in [0.5, 0.6) is 0 Å². The van der Waals surface area contributed by atoms with Crippen LogP contribution in [0.1, 0.15) is 131 Å². The topological polar surface area (TPSA) is 80.3 Å². The SMILES string of the molecule is CCC1(CC)CC2(CC(C)(C)N1OCCc1ccccc1)OCC(COCCCCOCC1COC3(CC(C)(C)N(OCCc4ccccc4)C(CC)(CC)C3)O1)O2. The summed E-state index contributed by atoms with van der Waals surface area (Å²) in [6.07, 6.45) is 10.3. The van der Waals surface area contributed by atoms with Gasteiger partial charge in [0.25, 0.3) is 0 Å². The van der Waals surface area contributed by atoms with Crippen LogP contribution in [0.25, 0.3) is 0 Å². The molecule has 0 saturated carbocycles. The van der Waals surface area contributed by atoms with Crippen molar-refractivity contribution in [2.24, 2.45) is 0 Å². The van der Waals surface area contributed by atoms with E-state index in [-0.39, 0.29) is 34.4 Å². The summed E-state index contributed by atoms with van der Waals surface area (Å²) >= 11 is 0. The van der Waals surface area contributed by atoms with Crippen LogP contribution in [0.4, 0.5) is 0 Å². The highest BCUT2D eigenvalue weighted by Gasteiger charge is 2.61. The van der Waals surface area contributed by atoms with Crippen molar-refractivity contribution in [2.45, 2.75) is 178 Å². The molecule has 4 heterocycles. The summed E-state index contributed by atoms with van der Waals surface area (Å²) in [4.78, 5) is 13.2. The third-order valence-electron chi connectivity index (χ3n) is 13.4. The van der Waals surface area contributed by atoms with Crippen molar-refractivity contribution < 1.29 is 38.1 Å². The molecule has 4 aliphatic rings. The average Bonchev–Trinajstić information content (AvgIpc) is 3.79. The number of benzene rings is 2. The first-order chi connectivity index (χ1) is 27.9. The van der Waals surface area contributed by atoms with Gasteiger partial charge in [-0.2, -0.15) is 10.1 Å². The Hall–Kier alpha value is -1.96. The Kier molecular flexibility index (Phi) is 15.6. The molecule has 0 radical (unpaired) electrons. The molecule has 0 aliphatic carbocycles. The van der Waals surface area contributed by atoms with Gasteiger partial charge in [0.1, 0.15) is 12.2 Å². The van der Waals surface area contributed by atoms with E-state index in [1.807, 2.05) is 0 Å². The molecule has 2 aromatic carbocycles. The number of unbranched alkanes of at least 4 members (excludes halogenated alkanes) is 1. The normalized spacial score (nSPS) is 29.1. The van der Waals surface area contributed by atoms with Gasteiger partial charge >= 0.3 is 0 Å². The Bertz CT molecular complexity index is 1400. The highest BCUT2D eigenvalue weighted by molar-refractivity contribution is 5.16. The summed E-state index contributed by atoms with van der Waals surface area (Å²) in [5.74, 6) is -1.25. The van der Waals surface area contributed by atoms with E-state index in [4.69, 9.17) is 38.1 Å². The molecule has 326 valence electrons. The van der Waals surface area contributed by atoms with Crippen LogP contribution in [-0.4, -0.2) is 109 Å². The monoisotopic (exact) mass is 809 g/mol. The lowest BCUT2D eigenvalue weighted by atomic mass is 9.73. The van der Waals surface area contributed by atoms with Gasteiger partial charge in [0.05, 0.1) is 50.7 Å². The van der Waals surface area contributed by atoms with E-state index in [1.54, 1.807) is 0 Å². The summed E-state index contributed by atoms with van der Waals surface area (Å²) < 4.78 is 38.9. The molecule has 0 amide bonds. The fourth-order valence-corrected chi connectivity index (χ4v) is 10.6. The number of piperidine rings is 2. The van der Waals surface area contributed by atoms with E-state index in [2.05, 4.69) is 126 Å². The first kappa shape index (κ1) is 45.6. The van der Waals surface area contributed by atoms with Crippen LogP contribution >= 0.6 is 0 Å². The van der Waals surface area contributed by atoms with E-state index in [0.29, 0.717) is 52.9 Å². The van der Waals surface area contributed by atoms with Gasteiger partial charge in [0.2, 0.25) is 0 Å². The van der Waals surface area contributed by atoms with Crippen LogP contribution in [-0.2, 0) is 50.9 Å². The Morgan fingerprint density at radius 1 is 0.534 bits per heavy atom. The standard InChI is InChI=1S/C48H76N2O8/c1-9-45(10-2)37-47(35-43(5,6)49(45)55-29-25-39-21-15-13-16-22-39)53-33-41(57-47)31-51-27-19-20-28-52-32-42-34-54-48(58-42)36-44(7,8)50(46(11-3,12-4)38-48)56-30-26-40-23-17-14-18-24-40/h13-18,21-24,41-42H,9-12,19-20,25-38H2,1-8H3. The quantitative estimate of drug-likeness (QED) is 0.114. The number of hydrogen-bond acceptors (Lipinski definition) is 10. The van der Waals surface area contributed by atoms with E-state index >= 15 is 0 Å². The lowest BCUT2D eigenvalue weighted by molar-refractivity contribution is -0.346. The fraction of sp³-hybridized carbons (Fsp3) is 0.750. The minimum absolute atomic E-state index is 0.0762.